The molecule has 5 aromatic rings. The number of carbonyl (C=O) groups is 3. The van der Waals surface area contributed by atoms with Gasteiger partial charge in [-0.3, -0.25) is 14.9 Å². The van der Waals surface area contributed by atoms with Gasteiger partial charge < -0.3 is 28.8 Å². The van der Waals surface area contributed by atoms with E-state index >= 15 is 0 Å². The molecule has 3 N–H and O–H groups in total. The lowest BCUT2D eigenvalue weighted by Crippen LogP contribution is -2.56. The van der Waals surface area contributed by atoms with E-state index in [1.54, 1.807) is 17.6 Å². The van der Waals surface area contributed by atoms with Crippen molar-refractivity contribution in [3.05, 3.63) is 53.6 Å². The second-order valence-corrected chi connectivity index (χ2v) is 10.0. The molecule has 0 spiro atoms. The summed E-state index contributed by atoms with van der Waals surface area (Å²) in [4.78, 5) is 39.6. The van der Waals surface area contributed by atoms with Crippen LogP contribution in [0.15, 0.2) is 42.5 Å². The summed E-state index contributed by atoms with van der Waals surface area (Å²) >= 11 is 0. The number of phenolic OH excluding ortho intramolecular Hbond substituents is 1. The molecule has 0 aliphatic carbocycles. The van der Waals surface area contributed by atoms with Crippen molar-refractivity contribution in [2.24, 2.45) is 0 Å². The molecule has 8 rings (SSSR count). The van der Waals surface area contributed by atoms with Crippen molar-refractivity contribution >= 4 is 61.4 Å². The number of fused-ring (bicyclic) bond motifs is 13. The van der Waals surface area contributed by atoms with Crippen LogP contribution in [0.1, 0.15) is 40.3 Å². The summed E-state index contributed by atoms with van der Waals surface area (Å²) in [7, 11) is 1.21. The molecule has 3 aliphatic rings. The number of aromatic hydroxyl groups is 1. The summed E-state index contributed by atoms with van der Waals surface area (Å²) in [5, 5.41) is 27.1. The lowest BCUT2D eigenvalue weighted by molar-refractivity contribution is -0.202. The van der Waals surface area contributed by atoms with Gasteiger partial charge in [0.25, 0.3) is 11.8 Å². The number of ether oxygens (including phenoxy) is 2. The molecular weight excluding hydrogens is 478 g/mol. The predicted octanol–water partition coefficient (Wildman–Crippen LogP) is 3.00. The van der Waals surface area contributed by atoms with E-state index in [1.165, 1.54) is 19.2 Å². The quantitative estimate of drug-likeness (QED) is 0.240. The number of methoxy groups -OCH3 is 1. The van der Waals surface area contributed by atoms with Crippen LogP contribution in [0.4, 0.5) is 0 Å². The van der Waals surface area contributed by atoms with E-state index in [0.29, 0.717) is 32.7 Å². The second-order valence-electron chi connectivity index (χ2n) is 10.0. The van der Waals surface area contributed by atoms with Crippen LogP contribution in [0.25, 0.3) is 43.6 Å². The number of hydrogen-bond acceptors (Lipinski definition) is 7. The van der Waals surface area contributed by atoms with Gasteiger partial charge in [0.2, 0.25) is 5.60 Å². The second kappa shape index (κ2) is 6.10. The third-order valence-electron chi connectivity index (χ3n) is 8.36. The first kappa shape index (κ1) is 20.7. The zero-order valence-electron chi connectivity index (χ0n) is 19.7. The van der Waals surface area contributed by atoms with Crippen LogP contribution >= 0.6 is 0 Å². The highest BCUT2D eigenvalue weighted by atomic mass is 16.6. The van der Waals surface area contributed by atoms with Gasteiger partial charge in [0, 0.05) is 28.0 Å². The molecule has 2 aromatic heterocycles. The van der Waals surface area contributed by atoms with Gasteiger partial charge in [-0.1, -0.05) is 18.2 Å². The Morgan fingerprint density at radius 1 is 1.05 bits per heavy atom. The van der Waals surface area contributed by atoms with E-state index in [0.717, 1.165) is 10.9 Å². The first-order valence-corrected chi connectivity index (χ1v) is 11.8. The number of hydrogen-bond donors (Lipinski definition) is 3. The van der Waals surface area contributed by atoms with Crippen molar-refractivity contribution in [3.8, 4) is 5.75 Å². The Kier molecular flexibility index (Phi) is 3.42. The summed E-state index contributed by atoms with van der Waals surface area (Å²) in [5.74, 6) is -1.94. The number of nitrogens with zero attached hydrogens (tertiary/aromatic N) is 2. The zero-order valence-corrected chi connectivity index (χ0v) is 19.7. The Hall–Kier alpha value is -4.41. The molecule has 3 aliphatic heterocycles. The van der Waals surface area contributed by atoms with Gasteiger partial charge >= 0.3 is 5.97 Å². The Labute approximate surface area is 207 Å². The number of carbonyl (C=O) groups excluding carboxylic acids is 3. The molecule has 5 heterocycles. The van der Waals surface area contributed by atoms with E-state index in [2.05, 4.69) is 5.32 Å². The van der Waals surface area contributed by atoms with E-state index < -0.39 is 35.3 Å². The molecule has 3 aromatic carbocycles. The number of para-hydroxylation sites is 1. The van der Waals surface area contributed by atoms with E-state index in [-0.39, 0.29) is 23.3 Å². The van der Waals surface area contributed by atoms with Crippen molar-refractivity contribution in [2.75, 3.05) is 7.11 Å². The SMILES string of the molecule is COC(=O)[C@]1(O)C[C@H]2O[C@]1(C)n1c3ccc(O)cc3c3c4c(c5c6ccccc6n2c5c31)C(=O)NC4=O. The van der Waals surface area contributed by atoms with Gasteiger partial charge in [-0.25, -0.2) is 4.79 Å². The lowest BCUT2D eigenvalue weighted by Gasteiger charge is -2.37. The maximum Gasteiger partial charge on any atom is 0.343 e. The number of nitrogens with one attached hydrogen (secondary N) is 1. The molecule has 10 nitrogen and oxygen atoms in total. The van der Waals surface area contributed by atoms with Crippen molar-refractivity contribution in [2.45, 2.75) is 30.9 Å². The molecule has 2 bridgehead atoms. The average Bonchev–Trinajstić information content (AvgIpc) is 3.53. The van der Waals surface area contributed by atoms with Crippen LogP contribution in [-0.4, -0.2) is 49.8 Å². The van der Waals surface area contributed by atoms with Crippen molar-refractivity contribution in [1.82, 2.24) is 14.5 Å². The third kappa shape index (κ3) is 2.03. The molecule has 1 saturated heterocycles. The number of esters is 1. The van der Waals surface area contributed by atoms with E-state index in [9.17, 15) is 24.6 Å². The highest BCUT2D eigenvalue weighted by Crippen LogP contribution is 2.57. The number of aromatic nitrogens is 2. The van der Waals surface area contributed by atoms with Crippen LogP contribution in [0.3, 0.4) is 0 Å². The Balaban J connectivity index is 1.75. The van der Waals surface area contributed by atoms with Crippen molar-refractivity contribution in [1.29, 1.82) is 0 Å². The fraction of sp³-hybridized carbons (Fsp3) is 0.222. The minimum absolute atomic E-state index is 0.0404. The van der Waals surface area contributed by atoms with Crippen LogP contribution in [0.5, 0.6) is 5.75 Å². The largest absolute Gasteiger partial charge is 0.508 e. The number of rotatable bonds is 1. The third-order valence-corrected chi connectivity index (χ3v) is 8.36. The maximum absolute atomic E-state index is 13.3. The lowest BCUT2D eigenvalue weighted by atomic mass is 9.88. The van der Waals surface area contributed by atoms with Crippen molar-refractivity contribution < 1.29 is 34.1 Å². The van der Waals surface area contributed by atoms with Crippen molar-refractivity contribution in [3.63, 3.8) is 0 Å². The Morgan fingerprint density at radius 2 is 1.76 bits per heavy atom. The first-order valence-electron chi connectivity index (χ1n) is 11.8. The van der Waals surface area contributed by atoms with Crippen LogP contribution in [0.2, 0.25) is 0 Å². The standard InChI is InChI=1S/C27H19N3O7/c1-26-27(35,25(34)36-2)10-16(37-26)29-14-6-4-3-5-12(14)17-19-20(24(33)28-23(19)32)18-13-9-11(31)7-8-15(13)30(26)22(18)21(17)29/h3-9,16,31,35H,10H2,1-2H3,(H,28,32,33)/t16-,26+,27-/m1/s1. The molecule has 10 heteroatoms. The summed E-state index contributed by atoms with van der Waals surface area (Å²) in [6.07, 6.45) is -0.893. The molecule has 1 fully saturated rings. The Bertz CT molecular complexity index is 1970. The fourth-order valence-corrected chi connectivity index (χ4v) is 6.85. The highest BCUT2D eigenvalue weighted by molar-refractivity contribution is 6.39. The van der Waals surface area contributed by atoms with Gasteiger partial charge in [0.05, 0.1) is 40.3 Å². The monoisotopic (exact) mass is 497 g/mol. The van der Waals surface area contributed by atoms with Crippen LogP contribution < -0.4 is 5.32 Å². The molecule has 184 valence electrons. The fourth-order valence-electron chi connectivity index (χ4n) is 6.85. The molecule has 0 saturated carbocycles. The normalized spacial score (nSPS) is 26.0. The van der Waals surface area contributed by atoms with E-state index in [4.69, 9.17) is 9.47 Å². The van der Waals surface area contributed by atoms with Gasteiger partial charge in [0.15, 0.2) is 5.72 Å². The maximum atomic E-state index is 13.3. The molecule has 3 atom stereocenters. The average molecular weight is 497 g/mol. The van der Waals surface area contributed by atoms with Gasteiger partial charge in [0.1, 0.15) is 12.0 Å². The molecule has 0 unspecified atom stereocenters. The summed E-state index contributed by atoms with van der Waals surface area (Å²) in [5.41, 5.74) is -0.888. The first-order chi connectivity index (χ1) is 17.7. The summed E-state index contributed by atoms with van der Waals surface area (Å²) in [6.45, 7) is 1.62. The number of aliphatic hydroxyl groups is 1. The minimum atomic E-state index is -2.09. The molecular formula is C27H19N3O7. The summed E-state index contributed by atoms with van der Waals surface area (Å²) < 4.78 is 15.2. The predicted molar refractivity (Wildman–Crippen MR) is 131 cm³/mol. The zero-order chi connectivity index (χ0) is 25.6. The number of phenols is 1. The number of imide groups is 1. The molecule has 2 amide bonds. The Morgan fingerprint density at radius 3 is 2.49 bits per heavy atom. The van der Waals surface area contributed by atoms with Gasteiger partial charge in [-0.05, 0) is 31.2 Å². The topological polar surface area (TPSA) is 132 Å². The van der Waals surface area contributed by atoms with Gasteiger partial charge in [-0.15, -0.1) is 0 Å². The molecule has 37 heavy (non-hydrogen) atoms. The number of benzene rings is 3. The van der Waals surface area contributed by atoms with Crippen LogP contribution in [0, 0.1) is 0 Å². The minimum Gasteiger partial charge on any atom is -0.508 e. The number of amides is 2. The highest BCUT2D eigenvalue weighted by Gasteiger charge is 2.66. The van der Waals surface area contributed by atoms with Crippen LogP contribution in [-0.2, 0) is 20.0 Å². The summed E-state index contributed by atoms with van der Waals surface area (Å²) in [6, 6.07) is 12.1. The van der Waals surface area contributed by atoms with E-state index in [1.807, 2.05) is 28.8 Å². The smallest absolute Gasteiger partial charge is 0.343 e. The van der Waals surface area contributed by atoms with Gasteiger partial charge in [-0.2, -0.15) is 0 Å². The molecule has 0 radical (unpaired) electrons.